The van der Waals surface area contributed by atoms with E-state index < -0.39 is 49.3 Å². The van der Waals surface area contributed by atoms with Crippen molar-refractivity contribution in [1.29, 1.82) is 0 Å². The second-order valence-corrected chi connectivity index (χ2v) is 20.9. The van der Waals surface area contributed by atoms with E-state index in [9.17, 15) is 22.8 Å². The van der Waals surface area contributed by atoms with Gasteiger partial charge in [-0.2, -0.15) is 18.2 Å². The number of aliphatic imine (C=N–C) groups is 1. The van der Waals surface area contributed by atoms with Crippen molar-refractivity contribution >= 4 is 48.0 Å². The van der Waals surface area contributed by atoms with Crippen LogP contribution in [0.1, 0.15) is 52.8 Å². The minimum absolute atomic E-state index is 0.00310. The number of nitrogens with two attached hydrogens (primary N) is 1. The SMILES string of the molecule is CN(C)/C=N/c1nc(=O)n([C@H]2CC(OCN)[C@@H](CO[Si](C)(C)C(C)(C)C)O2)cc1C#CCOCSSC(C)(C)CNC(=O)C(F)(F)F. The van der Waals surface area contributed by atoms with Gasteiger partial charge in [-0.1, -0.05) is 54.2 Å². The van der Waals surface area contributed by atoms with E-state index in [0.29, 0.717) is 18.6 Å². The van der Waals surface area contributed by atoms with Gasteiger partial charge in [0, 0.05) is 38.0 Å². The van der Waals surface area contributed by atoms with Crippen molar-refractivity contribution in [3.05, 3.63) is 22.2 Å². The lowest BCUT2D eigenvalue weighted by Gasteiger charge is -2.37. The first-order valence-electron chi connectivity index (χ1n) is 14.8. The van der Waals surface area contributed by atoms with Crippen molar-refractivity contribution in [1.82, 2.24) is 19.8 Å². The summed E-state index contributed by atoms with van der Waals surface area (Å²) in [7, 11) is 4.03. The molecule has 0 aliphatic carbocycles. The number of halogens is 3. The van der Waals surface area contributed by atoms with Gasteiger partial charge in [-0.15, -0.1) is 0 Å². The number of aromatic nitrogens is 2. The van der Waals surface area contributed by atoms with Crippen LogP contribution >= 0.6 is 21.6 Å². The zero-order chi connectivity index (χ0) is 35.6. The molecule has 2 heterocycles. The third-order valence-electron chi connectivity index (χ3n) is 7.30. The number of alkyl halides is 3. The third-order valence-corrected chi connectivity index (χ3v) is 14.8. The summed E-state index contributed by atoms with van der Waals surface area (Å²) in [6.07, 6.45) is -3.05. The molecule has 0 aromatic carbocycles. The smallest absolute Gasteiger partial charge is 0.414 e. The molecule has 0 saturated carbocycles. The fourth-order valence-corrected chi connectivity index (χ4v) is 6.86. The molecule has 3 N–H and O–H groups in total. The molecular formula is C29H47F3N6O6S2Si. The van der Waals surface area contributed by atoms with Gasteiger partial charge in [0.2, 0.25) is 0 Å². The van der Waals surface area contributed by atoms with E-state index in [1.165, 1.54) is 32.5 Å². The van der Waals surface area contributed by atoms with E-state index in [-0.39, 0.29) is 36.7 Å². The van der Waals surface area contributed by atoms with Crippen LogP contribution in [0.25, 0.3) is 0 Å². The largest absolute Gasteiger partial charge is 0.471 e. The monoisotopic (exact) mass is 724 g/mol. The summed E-state index contributed by atoms with van der Waals surface area (Å²) in [4.78, 5) is 34.4. The van der Waals surface area contributed by atoms with Crippen LogP contribution < -0.4 is 16.7 Å². The lowest BCUT2D eigenvalue weighted by Crippen LogP contribution is -2.44. The number of ether oxygens (including phenoxy) is 3. The first kappa shape index (κ1) is 41.1. The van der Waals surface area contributed by atoms with Gasteiger partial charge in [-0.25, -0.2) is 9.79 Å². The Labute approximate surface area is 283 Å². The van der Waals surface area contributed by atoms with Crippen LogP contribution in [0.2, 0.25) is 18.1 Å². The normalized spacial score (nSPS) is 19.1. The van der Waals surface area contributed by atoms with Crippen molar-refractivity contribution in [3.8, 4) is 11.8 Å². The summed E-state index contributed by atoms with van der Waals surface area (Å²) in [6, 6.07) is 0. The first-order chi connectivity index (χ1) is 21.7. The van der Waals surface area contributed by atoms with Crippen LogP contribution in [0.4, 0.5) is 19.0 Å². The number of hydrogen-bond donors (Lipinski definition) is 2. The van der Waals surface area contributed by atoms with Crippen LogP contribution in [0, 0.1) is 11.8 Å². The Kier molecular flexibility index (Phi) is 15.3. The van der Waals surface area contributed by atoms with Crippen molar-refractivity contribution in [2.24, 2.45) is 10.7 Å². The Bertz CT molecular complexity index is 1340. The fourth-order valence-electron chi connectivity index (χ4n) is 3.72. The molecule has 12 nitrogen and oxygen atoms in total. The molecule has 47 heavy (non-hydrogen) atoms. The highest BCUT2D eigenvalue weighted by molar-refractivity contribution is 8.77. The number of amides is 1. The standard InChI is InChI=1S/C29H47F3N6O6S2Si/c1-27(2,3)47(8,9)43-15-22-21(42-17-33)13-23(44-22)38-14-20(24(36-26(38)40)35-18-37(6)7)11-10-12-41-19-45-46-28(4,5)16-34-25(39)29(30,31)32/h14,18,21-23H,12-13,15-17,19,33H2,1-9H3,(H,34,39)/b35-18+/t21?,22-,23-/m1/s1. The third kappa shape index (κ3) is 13.4. The Morgan fingerprint density at radius 1 is 1.30 bits per heavy atom. The maximum absolute atomic E-state index is 13.1. The van der Waals surface area contributed by atoms with Crippen molar-refractivity contribution in [3.63, 3.8) is 0 Å². The minimum Gasteiger partial charge on any atom is -0.414 e. The van der Waals surface area contributed by atoms with Gasteiger partial charge in [0.25, 0.3) is 0 Å². The van der Waals surface area contributed by atoms with Gasteiger partial charge in [-0.05, 0) is 32.0 Å². The Morgan fingerprint density at radius 2 is 1.98 bits per heavy atom. The number of carbonyl (C=O) groups is 1. The second kappa shape index (κ2) is 17.5. The molecule has 1 aliphatic rings. The van der Waals surface area contributed by atoms with Crippen LogP contribution in [0.15, 0.2) is 16.0 Å². The average Bonchev–Trinajstić information content (AvgIpc) is 3.35. The molecule has 266 valence electrons. The zero-order valence-corrected chi connectivity index (χ0v) is 31.0. The quantitative estimate of drug-likeness (QED) is 0.0510. The van der Waals surface area contributed by atoms with E-state index in [0.717, 1.165) is 0 Å². The van der Waals surface area contributed by atoms with Gasteiger partial charge in [0.1, 0.15) is 24.9 Å². The number of hydrogen-bond acceptors (Lipinski definition) is 11. The lowest BCUT2D eigenvalue weighted by atomic mass is 10.2. The number of nitrogens with zero attached hydrogens (tertiary/aromatic N) is 4. The molecule has 1 unspecified atom stereocenters. The summed E-state index contributed by atoms with van der Waals surface area (Å²) in [6.45, 7) is 14.3. The highest BCUT2D eigenvalue weighted by Crippen LogP contribution is 2.38. The number of rotatable bonds is 15. The molecule has 1 fully saturated rings. The fraction of sp³-hybridized carbons (Fsp3) is 0.724. The van der Waals surface area contributed by atoms with Crippen LogP contribution in [-0.2, 0) is 23.4 Å². The molecule has 18 heteroatoms. The van der Waals surface area contributed by atoms with Crippen LogP contribution in [0.3, 0.4) is 0 Å². The maximum atomic E-state index is 13.1. The summed E-state index contributed by atoms with van der Waals surface area (Å²) >= 11 is 0. The van der Waals surface area contributed by atoms with E-state index in [1.54, 1.807) is 39.0 Å². The second-order valence-electron chi connectivity index (χ2n) is 13.1. The molecule has 0 radical (unpaired) electrons. The molecule has 1 aromatic heterocycles. The number of nitrogens with one attached hydrogen (secondary N) is 1. The molecule has 0 spiro atoms. The van der Waals surface area contributed by atoms with Crippen molar-refractivity contribution in [2.75, 3.05) is 46.5 Å². The van der Waals surface area contributed by atoms with Gasteiger partial charge >= 0.3 is 17.8 Å². The minimum atomic E-state index is -4.93. The predicted molar refractivity (Wildman–Crippen MR) is 182 cm³/mol. The molecule has 1 saturated heterocycles. The summed E-state index contributed by atoms with van der Waals surface area (Å²) < 4.78 is 62.0. The average molecular weight is 725 g/mol. The molecule has 1 amide bonds. The first-order valence-corrected chi connectivity index (χ1v) is 20.1. The van der Waals surface area contributed by atoms with Crippen molar-refractivity contribution in [2.45, 2.75) is 88.5 Å². The maximum Gasteiger partial charge on any atom is 0.471 e. The summed E-state index contributed by atoms with van der Waals surface area (Å²) in [5, 5.41) is 1.89. The molecular weight excluding hydrogens is 678 g/mol. The molecule has 0 bridgehead atoms. The topological polar surface area (TPSA) is 143 Å². The van der Waals surface area contributed by atoms with E-state index in [4.69, 9.17) is 24.4 Å². The zero-order valence-electron chi connectivity index (χ0n) is 28.4. The highest BCUT2D eigenvalue weighted by atomic mass is 33.1. The molecule has 2 rings (SSSR count). The Balaban J connectivity index is 2.12. The predicted octanol–water partition coefficient (Wildman–Crippen LogP) is 4.24. The number of carbonyl (C=O) groups excluding carboxylic acids is 1. The van der Waals surface area contributed by atoms with E-state index in [2.05, 4.69) is 55.7 Å². The van der Waals surface area contributed by atoms with E-state index >= 15 is 0 Å². The van der Waals surface area contributed by atoms with Gasteiger partial charge < -0.3 is 34.6 Å². The van der Waals surface area contributed by atoms with Crippen molar-refractivity contribution < 1.29 is 36.6 Å². The van der Waals surface area contributed by atoms with Crippen LogP contribution in [0.5, 0.6) is 0 Å². The van der Waals surface area contributed by atoms with Crippen LogP contribution in [-0.4, -0.2) is 105 Å². The molecule has 1 aromatic rings. The Morgan fingerprint density at radius 3 is 2.57 bits per heavy atom. The van der Waals surface area contributed by atoms with Gasteiger partial charge in [0.05, 0.1) is 31.3 Å². The lowest BCUT2D eigenvalue weighted by molar-refractivity contribution is -0.173. The van der Waals surface area contributed by atoms with Gasteiger partial charge in [-0.3, -0.25) is 9.36 Å². The summed E-state index contributed by atoms with van der Waals surface area (Å²) in [5.74, 6) is 4.20. The summed E-state index contributed by atoms with van der Waals surface area (Å²) in [5.41, 5.74) is 5.50. The highest BCUT2D eigenvalue weighted by Gasteiger charge is 2.42. The van der Waals surface area contributed by atoms with Gasteiger partial charge in [0.15, 0.2) is 14.1 Å². The molecule has 3 atom stereocenters. The van der Waals surface area contributed by atoms with E-state index in [1.807, 2.05) is 5.32 Å². The Hall–Kier alpha value is -2.11. The molecule has 1 aliphatic heterocycles.